The molecule has 0 spiro atoms. The van der Waals surface area contributed by atoms with Crippen molar-refractivity contribution in [3.8, 4) is 0 Å². The van der Waals surface area contributed by atoms with Crippen LogP contribution in [0.15, 0.2) is 0 Å². The third-order valence-corrected chi connectivity index (χ3v) is 0.667. The average Bonchev–Trinajstić information content (AvgIpc) is 2.37. The molecule has 5 radical (unpaired) electrons. The first-order valence-electron chi connectivity index (χ1n) is 3.49. The van der Waals surface area contributed by atoms with Gasteiger partial charge in [-0.3, -0.25) is 0 Å². The first-order valence-corrected chi connectivity index (χ1v) is 3.49. The Morgan fingerprint density at radius 1 is 0.722 bits per heavy atom. The van der Waals surface area contributed by atoms with Crippen LogP contribution in [0, 0.1) is 58.5 Å². The van der Waals surface area contributed by atoms with Gasteiger partial charge in [0, 0.05) is 29.9 Å². The molecule has 0 atom stereocenters. The van der Waals surface area contributed by atoms with Crippen LogP contribution in [0.25, 0.3) is 0 Å². The zero-order valence-corrected chi connectivity index (χ0v) is 9.74. The molecule has 0 aromatic rings. The topological polar surface area (TPSA) is 59.7 Å². The molecule has 18 heavy (non-hydrogen) atoms. The molecule has 1 rings (SSSR count). The number of hydrogen-bond donors (Lipinski definition) is 0. The van der Waals surface area contributed by atoms with Crippen LogP contribution in [0.4, 0.5) is 17.3 Å². The van der Waals surface area contributed by atoms with Crippen LogP contribution < -0.4 is 0 Å². The first-order chi connectivity index (χ1) is 8.00. The van der Waals surface area contributed by atoms with Crippen LogP contribution in [0.1, 0.15) is 0 Å². The minimum Gasteiger partial charge on any atom is -0.0220 e. The van der Waals surface area contributed by atoms with E-state index in [1.54, 1.807) is 0 Å². The Balaban J connectivity index is -0.0000000431. The van der Waals surface area contributed by atoms with Gasteiger partial charge < -0.3 is 17.3 Å². The van der Waals surface area contributed by atoms with E-state index in [9.17, 15) is 17.3 Å². The number of halogens is 4. The van der Waals surface area contributed by atoms with Crippen LogP contribution in [0.5, 0.6) is 0 Å². The molecule has 3 nitrogen and oxygen atoms in total. The molecular formula is C9H6BF4FeO3. The third kappa shape index (κ3) is 110. The van der Waals surface area contributed by atoms with Crippen LogP contribution in [-0.2, 0) is 31.0 Å². The van der Waals surface area contributed by atoms with Gasteiger partial charge in [-0.05, 0) is 6.42 Å². The summed E-state index contributed by atoms with van der Waals surface area (Å²) in [7, 11) is -6.00. The second kappa shape index (κ2) is 29.9. The Kier molecular flexibility index (Phi) is 50.6. The summed E-state index contributed by atoms with van der Waals surface area (Å²) >= 11 is 0. The van der Waals surface area contributed by atoms with E-state index in [-0.39, 0.29) is 17.1 Å². The fourth-order valence-corrected chi connectivity index (χ4v) is 0.385. The summed E-state index contributed by atoms with van der Waals surface area (Å²) in [6.45, 7) is 13.5. The van der Waals surface area contributed by atoms with Crippen molar-refractivity contribution in [1.82, 2.24) is 0 Å². The molecule has 1 fully saturated rings. The maximum absolute atomic E-state index is 9.75. The molecule has 0 aliphatic heterocycles. The third-order valence-electron chi connectivity index (χ3n) is 0.667. The Bertz CT molecular complexity index is 159. The minimum atomic E-state index is -6.00. The molecule has 1 aliphatic carbocycles. The van der Waals surface area contributed by atoms with Gasteiger partial charge in [0.15, 0.2) is 0 Å². The Morgan fingerprint density at radius 2 is 0.944 bits per heavy atom. The molecule has 0 N–H and O–H groups in total. The molecule has 9 heteroatoms. The fourth-order valence-electron chi connectivity index (χ4n) is 0.385. The quantitative estimate of drug-likeness (QED) is 0.286. The first kappa shape index (κ1) is 30.4. The second-order valence-corrected chi connectivity index (χ2v) is 1.65. The van der Waals surface area contributed by atoms with Gasteiger partial charge in [0.1, 0.15) is 12.8 Å². The predicted molar refractivity (Wildman–Crippen MR) is 47.8 cm³/mol. The maximum atomic E-state index is 9.75. The molecule has 1 aliphatic rings. The smallest absolute Gasteiger partial charge is 0.0220 e. The van der Waals surface area contributed by atoms with E-state index >= 15 is 0 Å². The molecular weight excluding hydrogens is 299 g/mol. The van der Waals surface area contributed by atoms with Crippen LogP contribution >= 0.6 is 0 Å². The largest absolute Gasteiger partial charge is 0.145 e. The van der Waals surface area contributed by atoms with E-state index in [0.717, 1.165) is 0 Å². The molecule has 0 unspecified atom stereocenters. The van der Waals surface area contributed by atoms with Crippen LogP contribution in [0.2, 0.25) is 0 Å². The van der Waals surface area contributed by atoms with Crippen molar-refractivity contribution in [1.29, 1.82) is 0 Å². The van der Waals surface area contributed by atoms with Crippen molar-refractivity contribution >= 4 is 7.25 Å². The van der Waals surface area contributed by atoms with E-state index in [1.807, 2.05) is 38.5 Å². The van der Waals surface area contributed by atoms with Crippen molar-refractivity contribution in [2.45, 2.75) is 0 Å². The van der Waals surface area contributed by atoms with Gasteiger partial charge in [0.25, 0.3) is 0 Å². The van der Waals surface area contributed by atoms with E-state index in [0.29, 0.717) is 0 Å². The molecule has 0 aromatic heterocycles. The molecule has 0 saturated heterocycles. The van der Waals surface area contributed by atoms with Gasteiger partial charge in [-0.25, -0.2) is 0 Å². The summed E-state index contributed by atoms with van der Waals surface area (Å²) in [5.41, 5.74) is 0. The van der Waals surface area contributed by atoms with E-state index in [2.05, 4.69) is 20.0 Å². The van der Waals surface area contributed by atoms with Crippen molar-refractivity contribution in [2.24, 2.45) is 0 Å². The average molecular weight is 305 g/mol. The van der Waals surface area contributed by atoms with E-state index < -0.39 is 7.25 Å². The second-order valence-electron chi connectivity index (χ2n) is 1.65. The van der Waals surface area contributed by atoms with Gasteiger partial charge in [-0.15, -0.1) is 0 Å². The van der Waals surface area contributed by atoms with Crippen molar-refractivity contribution in [3.63, 3.8) is 0 Å². The van der Waals surface area contributed by atoms with E-state index in [1.165, 1.54) is 0 Å². The summed E-state index contributed by atoms with van der Waals surface area (Å²) in [5, 5.41) is 0. The summed E-state index contributed by atoms with van der Waals surface area (Å²) in [6, 6.07) is 0. The summed E-state index contributed by atoms with van der Waals surface area (Å²) in [5.74, 6) is 0. The van der Waals surface area contributed by atoms with Gasteiger partial charge in [0.05, 0.1) is 6.42 Å². The van der Waals surface area contributed by atoms with Gasteiger partial charge in [-0.2, -0.15) is 0 Å². The fraction of sp³-hybridized carbons (Fsp3) is 0. The van der Waals surface area contributed by atoms with Crippen molar-refractivity contribution in [3.05, 3.63) is 58.5 Å². The van der Waals surface area contributed by atoms with E-state index in [4.69, 9.17) is 14.0 Å². The SMILES string of the molecule is F[B-](F)(F)F.[C-]#[O+].[C-]#[O+].[C-]#[O+].[CH]1[CH][CH][CH+][CH][CH]1.[Fe]. The normalized spacial score (nSPS) is 11.2. The zero-order chi connectivity index (χ0) is 14.7. The standard InChI is InChI=1S/C6H6.3CO.BF4.Fe/c1-2-4-6-5-3-1;3*1-2;2-1(3,4)5;/h1-6H;;;;;/q+1;;;;-1;. The summed E-state index contributed by atoms with van der Waals surface area (Å²) in [6.07, 6.45) is 12.0. The Morgan fingerprint density at radius 3 is 1.00 bits per heavy atom. The molecule has 0 aromatic carbocycles. The molecule has 0 heterocycles. The van der Waals surface area contributed by atoms with Crippen molar-refractivity contribution in [2.75, 3.05) is 0 Å². The van der Waals surface area contributed by atoms with Crippen molar-refractivity contribution < 1.29 is 48.3 Å². The maximum Gasteiger partial charge on any atom is 0.145 e. The Labute approximate surface area is 114 Å². The zero-order valence-electron chi connectivity index (χ0n) is 8.63. The Hall–Kier alpha value is -0.606. The van der Waals surface area contributed by atoms with Crippen LogP contribution in [-0.4, -0.2) is 7.25 Å². The number of hydrogen-bond acceptors (Lipinski definition) is 0. The molecule has 0 bridgehead atoms. The van der Waals surface area contributed by atoms with Crippen LogP contribution in [0.3, 0.4) is 0 Å². The summed E-state index contributed by atoms with van der Waals surface area (Å²) in [4.78, 5) is 0. The van der Waals surface area contributed by atoms with Gasteiger partial charge >= 0.3 is 41.2 Å². The van der Waals surface area contributed by atoms with Gasteiger partial charge in [-0.1, -0.05) is 0 Å². The molecule has 1 saturated carbocycles. The summed E-state index contributed by atoms with van der Waals surface area (Å²) < 4.78 is 61.5. The van der Waals surface area contributed by atoms with Gasteiger partial charge in [0.2, 0.25) is 0 Å². The number of rotatable bonds is 0. The predicted octanol–water partition coefficient (Wildman–Crippen LogP) is 2.41. The monoisotopic (exact) mass is 305 g/mol. The minimum absolute atomic E-state index is 0. The molecule has 0 amide bonds. The molecule has 99 valence electrons.